The molecule has 0 amide bonds. The third-order valence-electron chi connectivity index (χ3n) is 8.35. The lowest BCUT2D eigenvalue weighted by Gasteiger charge is -2.21. The largest absolute Gasteiger partial charge is 0.507 e. The van der Waals surface area contributed by atoms with Gasteiger partial charge in [0.15, 0.2) is 23.6 Å². The van der Waals surface area contributed by atoms with Crippen LogP contribution in [-0.4, -0.2) is 52.0 Å². The Labute approximate surface area is 285 Å². The number of carbonyl (C=O) groups excluding carboxylic acids is 1. The van der Waals surface area contributed by atoms with E-state index in [4.69, 9.17) is 29.2 Å². The van der Waals surface area contributed by atoms with E-state index in [0.717, 1.165) is 59.1 Å². The Bertz CT molecular complexity index is 1660. The number of nitrogens with zero attached hydrogens (tertiary/aromatic N) is 3. The normalized spacial score (nSPS) is 12.4. The average molecular weight is 652 g/mol. The zero-order chi connectivity index (χ0) is 34.8. The van der Waals surface area contributed by atoms with Crippen LogP contribution in [0.25, 0.3) is 34.2 Å². The first-order chi connectivity index (χ1) is 23.0. The zero-order valence-corrected chi connectivity index (χ0v) is 29.4. The molecule has 8 nitrogen and oxygen atoms in total. The number of unbranched alkanes of at least 4 members (excludes halogenated alkanes) is 1. The van der Waals surface area contributed by atoms with Crippen molar-refractivity contribution in [3.8, 4) is 45.7 Å². The van der Waals surface area contributed by atoms with E-state index in [2.05, 4.69) is 46.4 Å². The molecule has 0 radical (unpaired) electrons. The molecule has 2 atom stereocenters. The van der Waals surface area contributed by atoms with E-state index in [1.165, 1.54) is 6.07 Å². The molecule has 3 aromatic carbocycles. The Morgan fingerprint density at radius 1 is 0.792 bits per heavy atom. The highest BCUT2D eigenvalue weighted by atomic mass is 16.6. The fourth-order valence-corrected chi connectivity index (χ4v) is 5.48. The van der Waals surface area contributed by atoms with Gasteiger partial charge in [0.25, 0.3) is 0 Å². The first-order valence-corrected chi connectivity index (χ1v) is 16.8. The quantitative estimate of drug-likeness (QED) is 0.0946. The van der Waals surface area contributed by atoms with E-state index in [1.54, 1.807) is 19.1 Å². The summed E-state index contributed by atoms with van der Waals surface area (Å²) in [5.74, 6) is 1.69. The summed E-state index contributed by atoms with van der Waals surface area (Å²) >= 11 is 0. The van der Waals surface area contributed by atoms with Crippen molar-refractivity contribution in [2.24, 2.45) is 5.92 Å². The Morgan fingerprint density at radius 2 is 1.35 bits per heavy atom. The molecule has 254 valence electrons. The van der Waals surface area contributed by atoms with Crippen LogP contribution in [0.4, 0.5) is 0 Å². The molecule has 1 heterocycles. The van der Waals surface area contributed by atoms with E-state index >= 15 is 0 Å². The summed E-state index contributed by atoms with van der Waals surface area (Å²) in [5.41, 5.74) is 6.91. The summed E-state index contributed by atoms with van der Waals surface area (Å²) in [6.45, 7) is 18.6. The number of aromatic nitrogens is 3. The third-order valence-corrected chi connectivity index (χ3v) is 8.35. The molecule has 0 saturated carbocycles. The predicted octanol–water partition coefficient (Wildman–Crippen LogP) is 8.91. The summed E-state index contributed by atoms with van der Waals surface area (Å²) in [7, 11) is 0. The summed E-state index contributed by atoms with van der Waals surface area (Å²) in [4.78, 5) is 26.9. The molecule has 0 aliphatic carbocycles. The van der Waals surface area contributed by atoms with Gasteiger partial charge >= 0.3 is 5.97 Å². The number of phenols is 1. The molecular formula is C40H49N3O5. The maximum atomic E-state index is 12.4. The van der Waals surface area contributed by atoms with Gasteiger partial charge in [-0.1, -0.05) is 87.2 Å². The van der Waals surface area contributed by atoms with Gasteiger partial charge in [-0.15, -0.1) is 0 Å². The molecule has 0 saturated heterocycles. The molecule has 0 aliphatic heterocycles. The Balaban J connectivity index is 1.59. The van der Waals surface area contributed by atoms with Crippen LogP contribution in [0.2, 0.25) is 0 Å². The molecule has 1 N–H and O–H groups in total. The lowest BCUT2D eigenvalue weighted by Crippen LogP contribution is -2.31. The monoisotopic (exact) mass is 651 g/mol. The highest BCUT2D eigenvalue weighted by molar-refractivity contribution is 5.87. The van der Waals surface area contributed by atoms with Crippen LogP contribution in [0, 0.1) is 33.6 Å². The number of ether oxygens (including phenoxy) is 3. The first kappa shape index (κ1) is 36.3. The van der Waals surface area contributed by atoms with Crippen molar-refractivity contribution in [3.05, 3.63) is 89.0 Å². The molecule has 2 unspecified atom stereocenters. The molecule has 0 spiro atoms. The highest BCUT2D eigenvalue weighted by Crippen LogP contribution is 2.34. The standard InChI is InChI=1S/C40H49N3O5/c1-9-11-12-30(10-2)22-46-23-32(48-40(45)25(3)4)24-47-31-15-18-35(36(44)21-31)39-42-37(33-16-13-26(5)19-28(33)7)41-38(43-39)34-17-14-27(6)20-29(34)8/h13-21,30,32,44H,3,9-12,22-24H2,1-2,4-8H3. The SMILES string of the molecule is C=C(C)C(=O)OC(COCC(CC)CCCC)COc1ccc(-c2nc(-c3ccc(C)cc3C)nc(-c3ccc(C)cc3C)n2)c(O)c1. The third kappa shape index (κ3) is 9.73. The summed E-state index contributed by atoms with van der Waals surface area (Å²) in [6, 6.07) is 17.3. The summed E-state index contributed by atoms with van der Waals surface area (Å²) < 4.78 is 17.6. The Morgan fingerprint density at radius 3 is 1.85 bits per heavy atom. The zero-order valence-electron chi connectivity index (χ0n) is 29.4. The van der Waals surface area contributed by atoms with E-state index in [0.29, 0.717) is 46.9 Å². The molecule has 48 heavy (non-hydrogen) atoms. The van der Waals surface area contributed by atoms with Crippen molar-refractivity contribution in [1.82, 2.24) is 15.0 Å². The Kier molecular flexibility index (Phi) is 12.9. The molecule has 4 aromatic rings. The van der Waals surface area contributed by atoms with Crippen LogP contribution in [0.1, 0.15) is 68.7 Å². The van der Waals surface area contributed by atoms with Gasteiger partial charge in [0, 0.05) is 29.4 Å². The molecular weight excluding hydrogens is 602 g/mol. The van der Waals surface area contributed by atoms with Gasteiger partial charge < -0.3 is 19.3 Å². The number of carbonyl (C=O) groups is 1. The molecule has 0 fully saturated rings. The van der Waals surface area contributed by atoms with Gasteiger partial charge in [-0.2, -0.15) is 0 Å². The molecule has 1 aromatic heterocycles. The molecule has 0 bridgehead atoms. The van der Waals surface area contributed by atoms with Crippen LogP contribution in [-0.2, 0) is 14.3 Å². The second kappa shape index (κ2) is 17.0. The van der Waals surface area contributed by atoms with Crippen molar-refractivity contribution in [2.75, 3.05) is 19.8 Å². The lowest BCUT2D eigenvalue weighted by molar-refractivity contribution is -0.149. The fourth-order valence-electron chi connectivity index (χ4n) is 5.48. The molecule has 8 heteroatoms. The van der Waals surface area contributed by atoms with E-state index < -0.39 is 12.1 Å². The van der Waals surface area contributed by atoms with Crippen LogP contribution < -0.4 is 4.74 Å². The highest BCUT2D eigenvalue weighted by Gasteiger charge is 2.20. The lowest BCUT2D eigenvalue weighted by atomic mass is 10.0. The fraction of sp³-hybridized carbons (Fsp3) is 0.400. The van der Waals surface area contributed by atoms with Crippen LogP contribution in [0.3, 0.4) is 0 Å². The molecule has 4 rings (SSSR count). The number of esters is 1. The van der Waals surface area contributed by atoms with Crippen molar-refractivity contribution in [2.45, 2.75) is 80.3 Å². The number of rotatable bonds is 16. The maximum absolute atomic E-state index is 12.4. The van der Waals surface area contributed by atoms with Gasteiger partial charge in [-0.3, -0.25) is 0 Å². The summed E-state index contributed by atoms with van der Waals surface area (Å²) in [6.07, 6.45) is 3.78. The minimum absolute atomic E-state index is 0.0447. The number of aromatic hydroxyl groups is 1. The number of hydrogen-bond acceptors (Lipinski definition) is 8. The van der Waals surface area contributed by atoms with Crippen LogP contribution in [0.15, 0.2) is 66.7 Å². The minimum atomic E-state index is -0.649. The second-order valence-electron chi connectivity index (χ2n) is 12.7. The second-order valence-corrected chi connectivity index (χ2v) is 12.7. The topological polar surface area (TPSA) is 104 Å². The van der Waals surface area contributed by atoms with Gasteiger partial charge in [0.2, 0.25) is 0 Å². The minimum Gasteiger partial charge on any atom is -0.507 e. The first-order valence-electron chi connectivity index (χ1n) is 16.8. The van der Waals surface area contributed by atoms with Crippen molar-refractivity contribution >= 4 is 5.97 Å². The maximum Gasteiger partial charge on any atom is 0.333 e. The van der Waals surface area contributed by atoms with Gasteiger partial charge in [0.05, 0.1) is 12.2 Å². The summed E-state index contributed by atoms with van der Waals surface area (Å²) in [5, 5.41) is 11.2. The van der Waals surface area contributed by atoms with Crippen molar-refractivity contribution < 1.29 is 24.1 Å². The predicted molar refractivity (Wildman–Crippen MR) is 191 cm³/mol. The van der Waals surface area contributed by atoms with Gasteiger partial charge in [0.1, 0.15) is 18.1 Å². The van der Waals surface area contributed by atoms with E-state index in [-0.39, 0.29) is 19.0 Å². The number of aryl methyl sites for hydroxylation is 4. The van der Waals surface area contributed by atoms with Gasteiger partial charge in [-0.05, 0) is 70.2 Å². The van der Waals surface area contributed by atoms with E-state index in [1.807, 2.05) is 38.1 Å². The van der Waals surface area contributed by atoms with Crippen molar-refractivity contribution in [3.63, 3.8) is 0 Å². The van der Waals surface area contributed by atoms with Crippen LogP contribution in [0.5, 0.6) is 11.5 Å². The van der Waals surface area contributed by atoms with Crippen LogP contribution >= 0.6 is 0 Å². The number of benzene rings is 3. The number of hydrogen-bond donors (Lipinski definition) is 1. The van der Waals surface area contributed by atoms with Gasteiger partial charge in [-0.25, -0.2) is 19.7 Å². The average Bonchev–Trinajstić information content (AvgIpc) is 3.04. The Hall–Kier alpha value is -4.56. The number of phenolic OH excluding ortho intramolecular Hbond substituents is 1. The molecule has 0 aliphatic rings. The smallest absolute Gasteiger partial charge is 0.333 e. The van der Waals surface area contributed by atoms with E-state index in [9.17, 15) is 9.90 Å². The van der Waals surface area contributed by atoms with Crippen molar-refractivity contribution in [1.29, 1.82) is 0 Å².